The van der Waals surface area contributed by atoms with Crippen LogP contribution in [0.1, 0.15) is 30.3 Å². The molecule has 1 atom stereocenters. The molecule has 0 radical (unpaired) electrons. The summed E-state index contributed by atoms with van der Waals surface area (Å²) in [6.45, 7) is 2.68. The Morgan fingerprint density at radius 2 is 2.14 bits per heavy atom. The van der Waals surface area contributed by atoms with Crippen LogP contribution in [0.25, 0.3) is 5.69 Å². The molecule has 0 fully saturated rings. The summed E-state index contributed by atoms with van der Waals surface area (Å²) in [4.78, 5) is 11.9. The molecule has 3 rings (SSSR count). The van der Waals surface area contributed by atoms with E-state index in [2.05, 4.69) is 17.4 Å². The number of para-hydroxylation sites is 1. The van der Waals surface area contributed by atoms with E-state index >= 15 is 0 Å². The molecule has 1 aliphatic rings. The summed E-state index contributed by atoms with van der Waals surface area (Å²) in [6.07, 6.45) is 3.24. The van der Waals surface area contributed by atoms with E-state index < -0.39 is 0 Å². The molecule has 1 amide bonds. The third-order valence-corrected chi connectivity index (χ3v) is 4.25. The summed E-state index contributed by atoms with van der Waals surface area (Å²) in [5.74, 6) is -0.173. The molecular weight excluding hydrogens is 276 g/mol. The van der Waals surface area contributed by atoms with E-state index in [1.165, 1.54) is 11.3 Å². The first-order valence-corrected chi connectivity index (χ1v) is 7.83. The quantitative estimate of drug-likeness (QED) is 0.880. The number of carbonyl (C=O) groups excluding carboxylic acids is 1. The molecule has 0 spiro atoms. The van der Waals surface area contributed by atoms with Crippen molar-refractivity contribution in [2.75, 3.05) is 6.54 Å². The summed E-state index contributed by atoms with van der Waals surface area (Å²) in [7, 11) is 0. The van der Waals surface area contributed by atoms with Gasteiger partial charge in [-0.2, -0.15) is 5.10 Å². The molecule has 3 N–H and O–H groups in total. The summed E-state index contributed by atoms with van der Waals surface area (Å²) in [5.41, 5.74) is 10.2. The standard InChI is InChI=1S/C17H22N4O/c1-12(10-18)17(22)19-11-15-14-8-5-9-16(14)21(20-15)13-6-3-2-4-7-13/h2-4,6-7,12H,5,8-11,18H2,1H3,(H,19,22). The SMILES string of the molecule is CC(CN)C(=O)NCc1nn(-c2ccccc2)c2c1CCC2. The summed E-state index contributed by atoms with van der Waals surface area (Å²) < 4.78 is 2.02. The van der Waals surface area contributed by atoms with E-state index in [1.54, 1.807) is 0 Å². The highest BCUT2D eigenvalue weighted by atomic mass is 16.1. The fourth-order valence-corrected chi connectivity index (χ4v) is 2.89. The first-order chi connectivity index (χ1) is 10.7. The van der Waals surface area contributed by atoms with E-state index in [4.69, 9.17) is 10.8 Å². The van der Waals surface area contributed by atoms with Gasteiger partial charge in [0.25, 0.3) is 0 Å². The van der Waals surface area contributed by atoms with E-state index in [1.807, 2.05) is 29.8 Å². The molecule has 0 bridgehead atoms. The Bertz CT molecular complexity index is 663. The van der Waals surface area contributed by atoms with Gasteiger partial charge in [0.1, 0.15) is 0 Å². The van der Waals surface area contributed by atoms with Crippen molar-refractivity contribution in [1.29, 1.82) is 0 Å². The van der Waals surface area contributed by atoms with Crippen molar-refractivity contribution >= 4 is 5.91 Å². The van der Waals surface area contributed by atoms with Crippen molar-refractivity contribution in [2.24, 2.45) is 11.7 Å². The maximum atomic E-state index is 11.9. The topological polar surface area (TPSA) is 72.9 Å². The molecule has 0 saturated carbocycles. The molecule has 1 aliphatic carbocycles. The molecule has 2 aromatic rings. The minimum Gasteiger partial charge on any atom is -0.350 e. The number of benzene rings is 1. The Kier molecular flexibility index (Phi) is 4.24. The second-order valence-corrected chi connectivity index (χ2v) is 5.83. The lowest BCUT2D eigenvalue weighted by molar-refractivity contribution is -0.124. The second-order valence-electron chi connectivity index (χ2n) is 5.83. The van der Waals surface area contributed by atoms with Gasteiger partial charge in [0.15, 0.2) is 0 Å². The van der Waals surface area contributed by atoms with Crippen LogP contribution in [0.2, 0.25) is 0 Å². The van der Waals surface area contributed by atoms with Crippen LogP contribution in [-0.2, 0) is 24.2 Å². The minimum absolute atomic E-state index is 0.0106. The Labute approximate surface area is 130 Å². The average Bonchev–Trinajstić information content (AvgIpc) is 3.15. The summed E-state index contributed by atoms with van der Waals surface area (Å²) >= 11 is 0. The normalized spacial score (nSPS) is 14.6. The second kappa shape index (κ2) is 6.32. The average molecular weight is 298 g/mol. The number of hydrogen-bond donors (Lipinski definition) is 2. The van der Waals surface area contributed by atoms with Gasteiger partial charge in [-0.15, -0.1) is 0 Å². The van der Waals surface area contributed by atoms with Gasteiger partial charge in [0, 0.05) is 18.2 Å². The molecule has 1 unspecified atom stereocenters. The predicted molar refractivity (Wildman–Crippen MR) is 85.7 cm³/mol. The Morgan fingerprint density at radius 1 is 1.36 bits per heavy atom. The molecule has 1 aromatic heterocycles. The van der Waals surface area contributed by atoms with Gasteiger partial charge in [-0.1, -0.05) is 25.1 Å². The highest BCUT2D eigenvalue weighted by Gasteiger charge is 2.23. The maximum Gasteiger partial charge on any atom is 0.224 e. The van der Waals surface area contributed by atoms with Crippen LogP contribution in [0.5, 0.6) is 0 Å². The van der Waals surface area contributed by atoms with Gasteiger partial charge < -0.3 is 11.1 Å². The Hall–Kier alpha value is -2.14. The van der Waals surface area contributed by atoms with E-state index in [-0.39, 0.29) is 11.8 Å². The van der Waals surface area contributed by atoms with E-state index in [0.29, 0.717) is 13.1 Å². The van der Waals surface area contributed by atoms with Crippen LogP contribution in [0.4, 0.5) is 0 Å². The molecule has 22 heavy (non-hydrogen) atoms. The molecule has 1 aromatic carbocycles. The van der Waals surface area contributed by atoms with Crippen LogP contribution in [0.15, 0.2) is 30.3 Å². The van der Waals surface area contributed by atoms with Crippen molar-refractivity contribution < 1.29 is 4.79 Å². The number of nitrogens with one attached hydrogen (secondary N) is 1. The molecule has 5 heteroatoms. The van der Waals surface area contributed by atoms with Gasteiger partial charge in [-0.25, -0.2) is 4.68 Å². The number of carbonyl (C=O) groups is 1. The van der Waals surface area contributed by atoms with Gasteiger partial charge in [0.2, 0.25) is 5.91 Å². The highest BCUT2D eigenvalue weighted by molar-refractivity contribution is 5.78. The third kappa shape index (κ3) is 2.76. The lowest BCUT2D eigenvalue weighted by atomic mass is 10.1. The molecule has 116 valence electrons. The lowest BCUT2D eigenvalue weighted by Gasteiger charge is -2.09. The van der Waals surface area contributed by atoms with Crippen LogP contribution in [0, 0.1) is 5.92 Å². The minimum atomic E-state index is -0.163. The predicted octanol–water partition coefficient (Wildman–Crippen LogP) is 1.57. The van der Waals surface area contributed by atoms with Crippen LogP contribution in [-0.4, -0.2) is 22.2 Å². The van der Waals surface area contributed by atoms with Gasteiger partial charge in [-0.05, 0) is 37.0 Å². The molecule has 0 aliphatic heterocycles. The molecule has 5 nitrogen and oxygen atoms in total. The number of nitrogens with two attached hydrogens (primary N) is 1. The monoisotopic (exact) mass is 298 g/mol. The Balaban J connectivity index is 1.83. The van der Waals surface area contributed by atoms with E-state index in [0.717, 1.165) is 30.6 Å². The van der Waals surface area contributed by atoms with Gasteiger partial charge in [0.05, 0.1) is 17.9 Å². The first kappa shape index (κ1) is 14.8. The highest BCUT2D eigenvalue weighted by Crippen LogP contribution is 2.27. The number of hydrogen-bond acceptors (Lipinski definition) is 3. The Morgan fingerprint density at radius 3 is 2.86 bits per heavy atom. The van der Waals surface area contributed by atoms with Gasteiger partial charge >= 0.3 is 0 Å². The van der Waals surface area contributed by atoms with Crippen molar-refractivity contribution in [2.45, 2.75) is 32.7 Å². The lowest BCUT2D eigenvalue weighted by Crippen LogP contribution is -2.33. The van der Waals surface area contributed by atoms with Gasteiger partial charge in [-0.3, -0.25) is 4.79 Å². The zero-order chi connectivity index (χ0) is 15.5. The number of aromatic nitrogens is 2. The maximum absolute atomic E-state index is 11.9. The number of nitrogens with zero attached hydrogens (tertiary/aromatic N) is 2. The largest absolute Gasteiger partial charge is 0.350 e. The number of fused-ring (bicyclic) bond motifs is 1. The smallest absolute Gasteiger partial charge is 0.224 e. The van der Waals surface area contributed by atoms with Crippen molar-refractivity contribution in [1.82, 2.24) is 15.1 Å². The molecule has 0 saturated heterocycles. The molecular formula is C17H22N4O. The number of amides is 1. The first-order valence-electron chi connectivity index (χ1n) is 7.83. The third-order valence-electron chi connectivity index (χ3n) is 4.25. The fraction of sp³-hybridized carbons (Fsp3) is 0.412. The summed E-state index contributed by atoms with van der Waals surface area (Å²) in [6, 6.07) is 10.2. The number of rotatable bonds is 5. The van der Waals surface area contributed by atoms with Crippen molar-refractivity contribution in [3.63, 3.8) is 0 Å². The zero-order valence-electron chi connectivity index (χ0n) is 12.9. The zero-order valence-corrected chi connectivity index (χ0v) is 12.9. The van der Waals surface area contributed by atoms with Crippen molar-refractivity contribution in [3.05, 3.63) is 47.3 Å². The molecule has 1 heterocycles. The van der Waals surface area contributed by atoms with Crippen LogP contribution < -0.4 is 11.1 Å². The summed E-state index contributed by atoms with van der Waals surface area (Å²) in [5, 5.41) is 7.68. The van der Waals surface area contributed by atoms with Crippen LogP contribution in [0.3, 0.4) is 0 Å². The van der Waals surface area contributed by atoms with Crippen LogP contribution >= 0.6 is 0 Å². The fourth-order valence-electron chi connectivity index (χ4n) is 2.89. The van der Waals surface area contributed by atoms with Crippen molar-refractivity contribution in [3.8, 4) is 5.69 Å². The van der Waals surface area contributed by atoms with E-state index in [9.17, 15) is 4.79 Å².